The van der Waals surface area contributed by atoms with Gasteiger partial charge in [-0.1, -0.05) is 37.8 Å². The van der Waals surface area contributed by atoms with E-state index in [0.717, 1.165) is 31.0 Å². The number of hydrogen-bond acceptors (Lipinski definition) is 3. The number of ether oxygens (including phenoxy) is 1. The molecule has 164 valence electrons. The lowest BCUT2D eigenvalue weighted by atomic mass is 10.1. The lowest BCUT2D eigenvalue weighted by molar-refractivity contribution is 0.0487. The Morgan fingerprint density at radius 1 is 1.17 bits per heavy atom. The quantitative estimate of drug-likeness (QED) is 0.155. The zero-order chi connectivity index (χ0) is 20.0. The van der Waals surface area contributed by atoms with Crippen molar-refractivity contribution in [2.45, 2.75) is 58.0 Å². The highest BCUT2D eigenvalue weighted by Gasteiger charge is 2.12. The smallest absolute Gasteiger partial charge is 0.251 e. The molecule has 3 N–H and O–H groups in total. The standard InChI is InChI=1S/C22H36N4O2.HI/c1-3-24-22(26-15-16-28-20-11-6-4-5-7-12-20)25-14-13-18-9-8-10-19(17-18)21(27)23-2;/h8-10,17,20H,3-7,11-16H2,1-2H3,(H,23,27)(H2,24,25,26);1H. The molecule has 0 aliphatic heterocycles. The fraction of sp³-hybridized carbons (Fsp3) is 0.636. The third-order valence-electron chi connectivity index (χ3n) is 4.98. The van der Waals surface area contributed by atoms with Gasteiger partial charge in [-0.15, -0.1) is 24.0 Å². The molecule has 1 saturated carbocycles. The first-order chi connectivity index (χ1) is 13.7. The number of hydrogen-bond donors (Lipinski definition) is 3. The molecule has 0 spiro atoms. The predicted octanol–water partition coefficient (Wildman–Crippen LogP) is 3.50. The van der Waals surface area contributed by atoms with E-state index >= 15 is 0 Å². The minimum atomic E-state index is -0.0571. The number of benzene rings is 1. The van der Waals surface area contributed by atoms with Crippen molar-refractivity contribution in [3.05, 3.63) is 35.4 Å². The summed E-state index contributed by atoms with van der Waals surface area (Å²) >= 11 is 0. The number of amides is 1. The summed E-state index contributed by atoms with van der Waals surface area (Å²) in [5.41, 5.74) is 1.82. The van der Waals surface area contributed by atoms with Gasteiger partial charge in [0.2, 0.25) is 0 Å². The summed E-state index contributed by atoms with van der Waals surface area (Å²) in [5, 5.41) is 9.30. The summed E-state index contributed by atoms with van der Waals surface area (Å²) < 4.78 is 6.01. The molecular formula is C22H37IN4O2. The molecule has 0 heterocycles. The van der Waals surface area contributed by atoms with Crippen molar-refractivity contribution in [3.8, 4) is 0 Å². The number of nitrogens with one attached hydrogen (secondary N) is 3. The van der Waals surface area contributed by atoms with Crippen LogP contribution >= 0.6 is 24.0 Å². The van der Waals surface area contributed by atoms with E-state index in [1.165, 1.54) is 38.5 Å². The summed E-state index contributed by atoms with van der Waals surface area (Å²) in [6.45, 7) is 4.98. The molecule has 1 aromatic carbocycles. The van der Waals surface area contributed by atoms with E-state index < -0.39 is 0 Å². The molecule has 1 aromatic rings. The summed E-state index contributed by atoms with van der Waals surface area (Å²) in [5.74, 6) is 0.757. The van der Waals surface area contributed by atoms with Gasteiger partial charge < -0.3 is 20.7 Å². The van der Waals surface area contributed by atoms with Crippen LogP contribution in [0.15, 0.2) is 29.3 Å². The van der Waals surface area contributed by atoms with Crippen molar-refractivity contribution >= 4 is 35.8 Å². The van der Waals surface area contributed by atoms with E-state index in [0.29, 0.717) is 24.8 Å². The molecule has 6 nitrogen and oxygen atoms in total. The van der Waals surface area contributed by atoms with Crippen LogP contribution in [0.25, 0.3) is 0 Å². The van der Waals surface area contributed by atoms with Gasteiger partial charge in [0.1, 0.15) is 0 Å². The fourth-order valence-corrected chi connectivity index (χ4v) is 3.46. The number of carbonyl (C=O) groups excluding carboxylic acids is 1. The average Bonchev–Trinajstić information content (AvgIpc) is 2.99. The first-order valence-corrected chi connectivity index (χ1v) is 10.7. The Labute approximate surface area is 192 Å². The Morgan fingerprint density at radius 2 is 1.93 bits per heavy atom. The monoisotopic (exact) mass is 516 g/mol. The van der Waals surface area contributed by atoms with Gasteiger partial charge in [-0.2, -0.15) is 0 Å². The van der Waals surface area contributed by atoms with Crippen molar-refractivity contribution < 1.29 is 9.53 Å². The third kappa shape index (κ3) is 10.3. The van der Waals surface area contributed by atoms with E-state index in [-0.39, 0.29) is 29.9 Å². The van der Waals surface area contributed by atoms with Gasteiger partial charge >= 0.3 is 0 Å². The molecule has 0 aromatic heterocycles. The molecule has 1 aliphatic carbocycles. The maximum atomic E-state index is 11.7. The van der Waals surface area contributed by atoms with Crippen LogP contribution in [-0.4, -0.2) is 51.3 Å². The molecule has 1 fully saturated rings. The molecule has 29 heavy (non-hydrogen) atoms. The highest BCUT2D eigenvalue weighted by molar-refractivity contribution is 14.0. The van der Waals surface area contributed by atoms with Gasteiger partial charge in [-0.05, 0) is 43.9 Å². The van der Waals surface area contributed by atoms with Crippen LogP contribution in [0.1, 0.15) is 61.4 Å². The van der Waals surface area contributed by atoms with Crippen LogP contribution < -0.4 is 16.0 Å². The van der Waals surface area contributed by atoms with E-state index in [2.05, 4.69) is 27.9 Å². The minimum absolute atomic E-state index is 0. The Balaban J connectivity index is 0.00000420. The number of rotatable bonds is 9. The number of aliphatic imine (C=N–C) groups is 1. The van der Waals surface area contributed by atoms with Gasteiger partial charge in [0.15, 0.2) is 5.96 Å². The molecule has 1 amide bonds. The predicted molar refractivity (Wildman–Crippen MR) is 130 cm³/mol. The second kappa shape index (κ2) is 15.5. The van der Waals surface area contributed by atoms with Crippen molar-refractivity contribution in [2.75, 3.05) is 33.3 Å². The number of guanidine groups is 1. The van der Waals surface area contributed by atoms with E-state index in [9.17, 15) is 4.79 Å². The summed E-state index contributed by atoms with van der Waals surface area (Å²) in [6, 6.07) is 7.73. The van der Waals surface area contributed by atoms with Gasteiger partial charge in [-0.25, -0.2) is 0 Å². The van der Waals surface area contributed by atoms with E-state index in [1.54, 1.807) is 7.05 Å². The first kappa shape index (κ1) is 25.7. The average molecular weight is 516 g/mol. The van der Waals surface area contributed by atoms with Crippen LogP contribution in [0, 0.1) is 0 Å². The van der Waals surface area contributed by atoms with Crippen molar-refractivity contribution in [1.82, 2.24) is 16.0 Å². The molecule has 2 rings (SSSR count). The third-order valence-corrected chi connectivity index (χ3v) is 4.98. The summed E-state index contributed by atoms with van der Waals surface area (Å²) in [7, 11) is 1.65. The van der Waals surface area contributed by atoms with Crippen LogP contribution in [-0.2, 0) is 11.2 Å². The summed E-state index contributed by atoms with van der Waals surface area (Å²) in [6.07, 6.45) is 8.90. The Morgan fingerprint density at radius 3 is 2.62 bits per heavy atom. The second-order valence-electron chi connectivity index (χ2n) is 7.20. The lowest BCUT2D eigenvalue weighted by Gasteiger charge is -2.15. The van der Waals surface area contributed by atoms with Crippen LogP contribution in [0.4, 0.5) is 0 Å². The molecule has 0 bridgehead atoms. The van der Waals surface area contributed by atoms with Gasteiger partial charge in [-0.3, -0.25) is 9.79 Å². The van der Waals surface area contributed by atoms with E-state index in [1.807, 2.05) is 24.3 Å². The topological polar surface area (TPSA) is 74.8 Å². The fourth-order valence-electron chi connectivity index (χ4n) is 3.46. The maximum absolute atomic E-state index is 11.7. The normalized spacial score (nSPS) is 15.2. The zero-order valence-corrected chi connectivity index (χ0v) is 20.2. The highest BCUT2D eigenvalue weighted by Crippen LogP contribution is 2.19. The zero-order valence-electron chi connectivity index (χ0n) is 17.8. The lowest BCUT2D eigenvalue weighted by Crippen LogP contribution is -2.38. The van der Waals surface area contributed by atoms with Gasteiger partial charge in [0, 0.05) is 25.7 Å². The Kier molecular flexibility index (Phi) is 13.7. The number of carbonyl (C=O) groups is 1. The molecular weight excluding hydrogens is 479 g/mol. The number of halogens is 1. The SMILES string of the molecule is CCNC(=NCCOC1CCCCCC1)NCCc1cccc(C(=O)NC)c1.I. The Hall–Kier alpha value is -1.35. The number of nitrogens with zero attached hydrogens (tertiary/aromatic N) is 1. The minimum Gasteiger partial charge on any atom is -0.376 e. The van der Waals surface area contributed by atoms with Crippen molar-refractivity contribution in [3.63, 3.8) is 0 Å². The first-order valence-electron chi connectivity index (χ1n) is 10.7. The molecule has 0 saturated heterocycles. The highest BCUT2D eigenvalue weighted by atomic mass is 127. The molecule has 1 aliphatic rings. The van der Waals surface area contributed by atoms with Crippen LogP contribution in [0.5, 0.6) is 0 Å². The molecule has 7 heteroatoms. The van der Waals surface area contributed by atoms with Gasteiger partial charge in [0.25, 0.3) is 5.91 Å². The van der Waals surface area contributed by atoms with Crippen LogP contribution in [0.3, 0.4) is 0 Å². The Bertz CT molecular complexity index is 617. The van der Waals surface area contributed by atoms with E-state index in [4.69, 9.17) is 4.74 Å². The second-order valence-corrected chi connectivity index (χ2v) is 7.20. The van der Waals surface area contributed by atoms with Gasteiger partial charge in [0.05, 0.1) is 19.3 Å². The van der Waals surface area contributed by atoms with Crippen molar-refractivity contribution in [1.29, 1.82) is 0 Å². The molecule has 0 atom stereocenters. The maximum Gasteiger partial charge on any atom is 0.251 e. The molecule has 0 radical (unpaired) electrons. The summed E-state index contributed by atoms with van der Waals surface area (Å²) in [4.78, 5) is 16.4. The van der Waals surface area contributed by atoms with Crippen molar-refractivity contribution in [2.24, 2.45) is 4.99 Å². The largest absolute Gasteiger partial charge is 0.376 e. The van der Waals surface area contributed by atoms with Crippen LogP contribution in [0.2, 0.25) is 0 Å². The molecule has 0 unspecified atom stereocenters.